The van der Waals surface area contributed by atoms with Crippen LogP contribution >= 0.6 is 0 Å². The first-order valence-corrected chi connectivity index (χ1v) is 6.03. The minimum absolute atomic E-state index is 0.0670. The Balaban J connectivity index is 2.28. The number of hydrogen-bond donors (Lipinski definition) is 1. The van der Waals surface area contributed by atoms with Gasteiger partial charge in [0.05, 0.1) is 0 Å². The first kappa shape index (κ1) is 13.5. The van der Waals surface area contributed by atoms with Gasteiger partial charge in [0.1, 0.15) is 0 Å². The number of azide groups is 1. The fourth-order valence-corrected chi connectivity index (χ4v) is 2.18. The number of nitrogens with one attached hydrogen (secondary N) is 1. The van der Waals surface area contributed by atoms with Gasteiger partial charge in [0.25, 0.3) is 0 Å². The maximum atomic E-state index is 11.3. The van der Waals surface area contributed by atoms with Crippen molar-refractivity contribution in [3.05, 3.63) is 10.4 Å². The summed E-state index contributed by atoms with van der Waals surface area (Å²) in [6, 6.07) is 0. The molecule has 1 saturated carbocycles. The summed E-state index contributed by atoms with van der Waals surface area (Å²) < 4.78 is 0. The monoisotopic (exact) mass is 238 g/mol. The average molecular weight is 238 g/mol. The Labute approximate surface area is 100 Å². The summed E-state index contributed by atoms with van der Waals surface area (Å²) >= 11 is 0. The molecule has 1 rings (SSSR count). The van der Waals surface area contributed by atoms with E-state index in [0.29, 0.717) is 25.3 Å². The molecule has 0 spiro atoms. The second kappa shape index (κ2) is 6.91. The molecule has 6 nitrogen and oxygen atoms in total. The van der Waals surface area contributed by atoms with Gasteiger partial charge in [-0.3, -0.25) is 9.59 Å². The van der Waals surface area contributed by atoms with E-state index in [-0.39, 0.29) is 17.7 Å². The van der Waals surface area contributed by atoms with Crippen molar-refractivity contribution in [3.63, 3.8) is 0 Å². The molecule has 1 fully saturated rings. The van der Waals surface area contributed by atoms with Gasteiger partial charge < -0.3 is 5.32 Å². The summed E-state index contributed by atoms with van der Waals surface area (Å²) in [5.41, 5.74) is 8.18. The van der Waals surface area contributed by atoms with Gasteiger partial charge in [0, 0.05) is 23.8 Å². The van der Waals surface area contributed by atoms with Gasteiger partial charge >= 0.3 is 0 Å². The third-order valence-corrected chi connectivity index (χ3v) is 3.10. The Hall–Kier alpha value is -1.55. The molecule has 2 unspecified atom stereocenters. The Morgan fingerprint density at radius 1 is 1.47 bits per heavy atom. The minimum atomic E-state index is -0.366. The zero-order chi connectivity index (χ0) is 12.7. The first-order valence-electron chi connectivity index (χ1n) is 6.03. The summed E-state index contributed by atoms with van der Waals surface area (Å²) in [4.78, 5) is 25.1. The molecule has 6 heteroatoms. The van der Waals surface area contributed by atoms with Gasteiger partial charge in [0.15, 0.2) is 0 Å². The standard InChI is InChI=1S/C11H18N4O2/c1-2-3-10(16)13-7-8-4-5-9(6-8)11(17)14-15-12/h8-9H,2-7H2,1H3,(H,13,16). The van der Waals surface area contributed by atoms with E-state index in [4.69, 9.17) is 5.53 Å². The van der Waals surface area contributed by atoms with Crippen LogP contribution in [0.15, 0.2) is 5.11 Å². The Morgan fingerprint density at radius 2 is 2.24 bits per heavy atom. The van der Waals surface area contributed by atoms with E-state index in [1.807, 2.05) is 6.92 Å². The second-order valence-electron chi connectivity index (χ2n) is 4.46. The predicted molar refractivity (Wildman–Crippen MR) is 62.9 cm³/mol. The molecule has 0 bridgehead atoms. The van der Waals surface area contributed by atoms with Crippen molar-refractivity contribution in [2.75, 3.05) is 6.54 Å². The van der Waals surface area contributed by atoms with Gasteiger partial charge in [-0.2, -0.15) is 0 Å². The van der Waals surface area contributed by atoms with Gasteiger partial charge in [-0.1, -0.05) is 6.92 Å². The maximum Gasteiger partial charge on any atom is 0.222 e. The zero-order valence-electron chi connectivity index (χ0n) is 10.1. The number of hydrogen-bond acceptors (Lipinski definition) is 2. The number of amides is 2. The molecule has 0 saturated heterocycles. The van der Waals surface area contributed by atoms with Gasteiger partial charge in [-0.05, 0) is 42.2 Å². The molecular weight excluding hydrogens is 220 g/mol. The largest absolute Gasteiger partial charge is 0.356 e. The number of nitrogens with zero attached hydrogens (tertiary/aromatic N) is 3. The minimum Gasteiger partial charge on any atom is -0.356 e. The van der Waals surface area contributed by atoms with E-state index >= 15 is 0 Å². The van der Waals surface area contributed by atoms with Crippen LogP contribution in [0.2, 0.25) is 0 Å². The van der Waals surface area contributed by atoms with Gasteiger partial charge in [-0.15, -0.1) is 0 Å². The van der Waals surface area contributed by atoms with E-state index in [9.17, 15) is 9.59 Å². The molecule has 0 aromatic heterocycles. The van der Waals surface area contributed by atoms with Crippen molar-refractivity contribution in [2.45, 2.75) is 39.0 Å². The zero-order valence-corrected chi connectivity index (χ0v) is 10.1. The lowest BCUT2D eigenvalue weighted by molar-refractivity contribution is -0.121. The number of rotatable bonds is 5. The molecule has 0 aromatic rings. The van der Waals surface area contributed by atoms with Crippen LogP contribution in [-0.4, -0.2) is 18.4 Å². The highest BCUT2D eigenvalue weighted by molar-refractivity contribution is 5.79. The summed E-state index contributed by atoms with van der Waals surface area (Å²) in [6.45, 7) is 2.59. The predicted octanol–water partition coefficient (Wildman–Crippen LogP) is 2.16. The molecule has 0 radical (unpaired) electrons. The van der Waals surface area contributed by atoms with E-state index in [1.54, 1.807) is 0 Å². The highest BCUT2D eigenvalue weighted by Crippen LogP contribution is 2.31. The fourth-order valence-electron chi connectivity index (χ4n) is 2.18. The van der Waals surface area contributed by atoms with Crippen LogP contribution in [0.3, 0.4) is 0 Å². The molecule has 0 heterocycles. The highest BCUT2D eigenvalue weighted by atomic mass is 16.2. The van der Waals surface area contributed by atoms with Crippen LogP contribution in [0, 0.1) is 11.8 Å². The third kappa shape index (κ3) is 4.44. The quantitative estimate of drug-likeness (QED) is 0.451. The SMILES string of the molecule is CCCC(=O)NCC1CCC(C(=O)N=[N+]=[N-])C1. The van der Waals surface area contributed by atoms with Gasteiger partial charge in [0.2, 0.25) is 11.8 Å². The maximum absolute atomic E-state index is 11.3. The first-order chi connectivity index (χ1) is 8.17. The lowest BCUT2D eigenvalue weighted by Gasteiger charge is -2.10. The molecule has 1 N–H and O–H groups in total. The van der Waals surface area contributed by atoms with Crippen molar-refractivity contribution >= 4 is 11.8 Å². The lowest BCUT2D eigenvalue weighted by Crippen LogP contribution is -2.28. The second-order valence-corrected chi connectivity index (χ2v) is 4.46. The molecule has 2 atom stereocenters. The molecule has 17 heavy (non-hydrogen) atoms. The van der Waals surface area contributed by atoms with E-state index in [0.717, 1.165) is 19.3 Å². The van der Waals surface area contributed by atoms with E-state index < -0.39 is 0 Å². The normalized spacial score (nSPS) is 22.9. The molecule has 0 aromatic carbocycles. The van der Waals surface area contributed by atoms with Crippen molar-refractivity contribution in [2.24, 2.45) is 17.0 Å². The Kier molecular flexibility index (Phi) is 5.49. The van der Waals surface area contributed by atoms with Crippen molar-refractivity contribution in [1.29, 1.82) is 0 Å². The summed E-state index contributed by atoms with van der Waals surface area (Å²) in [5.74, 6) is -0.121. The van der Waals surface area contributed by atoms with Crippen molar-refractivity contribution in [1.82, 2.24) is 5.32 Å². The van der Waals surface area contributed by atoms with Crippen LogP contribution in [-0.2, 0) is 9.59 Å². The Bertz CT molecular complexity index is 336. The van der Waals surface area contributed by atoms with E-state index in [1.165, 1.54) is 0 Å². The molecule has 2 amide bonds. The van der Waals surface area contributed by atoms with Crippen LogP contribution in [0.4, 0.5) is 0 Å². The molecule has 1 aliphatic carbocycles. The molecule has 94 valence electrons. The number of carbonyl (C=O) groups excluding carboxylic acids is 2. The average Bonchev–Trinajstić information content (AvgIpc) is 2.76. The topological polar surface area (TPSA) is 94.9 Å². The van der Waals surface area contributed by atoms with Crippen LogP contribution < -0.4 is 5.32 Å². The summed E-state index contributed by atoms with van der Waals surface area (Å²) in [5, 5.41) is 5.98. The van der Waals surface area contributed by atoms with Crippen LogP contribution in [0.5, 0.6) is 0 Å². The smallest absolute Gasteiger partial charge is 0.222 e. The summed E-state index contributed by atoms with van der Waals surface area (Å²) in [6.07, 6.45) is 3.77. The molecular formula is C11H18N4O2. The van der Waals surface area contributed by atoms with Crippen molar-refractivity contribution in [3.8, 4) is 0 Å². The lowest BCUT2D eigenvalue weighted by atomic mass is 10.0. The van der Waals surface area contributed by atoms with Crippen LogP contribution in [0.1, 0.15) is 39.0 Å². The van der Waals surface area contributed by atoms with Gasteiger partial charge in [-0.25, -0.2) is 0 Å². The Morgan fingerprint density at radius 3 is 2.88 bits per heavy atom. The molecule has 1 aliphatic rings. The van der Waals surface area contributed by atoms with Crippen molar-refractivity contribution < 1.29 is 9.59 Å². The number of carbonyl (C=O) groups is 2. The highest BCUT2D eigenvalue weighted by Gasteiger charge is 2.29. The fraction of sp³-hybridized carbons (Fsp3) is 0.818. The third-order valence-electron chi connectivity index (χ3n) is 3.10. The van der Waals surface area contributed by atoms with Crippen LogP contribution in [0.25, 0.3) is 10.4 Å². The molecule has 0 aliphatic heterocycles. The van der Waals surface area contributed by atoms with E-state index in [2.05, 4.69) is 15.3 Å². The summed E-state index contributed by atoms with van der Waals surface area (Å²) in [7, 11) is 0.